The van der Waals surface area contributed by atoms with E-state index in [1.54, 1.807) is 24.3 Å². The maximum atomic E-state index is 12.2. The molecule has 2 aromatic carbocycles. The van der Waals surface area contributed by atoms with Crippen molar-refractivity contribution in [3.63, 3.8) is 0 Å². The van der Waals surface area contributed by atoms with E-state index in [1.807, 2.05) is 18.2 Å². The lowest BCUT2D eigenvalue weighted by Crippen LogP contribution is -2.13. The van der Waals surface area contributed by atoms with Crippen molar-refractivity contribution in [3.8, 4) is 11.8 Å². The fourth-order valence-corrected chi connectivity index (χ4v) is 2.39. The predicted octanol–water partition coefficient (Wildman–Crippen LogP) is 4.83. The van der Waals surface area contributed by atoms with Crippen LogP contribution < -0.4 is 10.1 Å². The van der Waals surface area contributed by atoms with Crippen molar-refractivity contribution < 1.29 is 9.53 Å². The minimum atomic E-state index is -0.378. The number of carbonyl (C=O) groups is 1. The number of benzene rings is 2. The zero-order chi connectivity index (χ0) is 16.9. The van der Waals surface area contributed by atoms with Crippen LogP contribution in [0.1, 0.15) is 10.4 Å². The Balaban J connectivity index is 1.68. The number of anilines is 1. The van der Waals surface area contributed by atoms with Gasteiger partial charge in [-0.05, 0) is 30.3 Å². The molecule has 3 aromatic rings. The minimum Gasteiger partial charge on any atom is -0.424 e. The third-order valence-corrected chi connectivity index (χ3v) is 3.56. The number of amides is 1. The number of aromatic nitrogens is 2. The molecule has 0 saturated carbocycles. The average Bonchev–Trinajstić information content (AvgIpc) is 2.57. The van der Waals surface area contributed by atoms with Crippen LogP contribution in [0.5, 0.6) is 11.8 Å². The summed E-state index contributed by atoms with van der Waals surface area (Å²) in [5.41, 5.74) is 0.733. The molecule has 1 amide bonds. The number of hydrogen-bond donors (Lipinski definition) is 1. The highest BCUT2D eigenvalue weighted by Crippen LogP contribution is 2.22. The van der Waals surface area contributed by atoms with Crippen LogP contribution in [0.25, 0.3) is 0 Å². The number of nitrogens with zero attached hydrogens (tertiary/aromatic N) is 2. The molecule has 0 saturated heterocycles. The summed E-state index contributed by atoms with van der Waals surface area (Å²) in [7, 11) is 0. The van der Waals surface area contributed by atoms with Gasteiger partial charge in [0.25, 0.3) is 5.91 Å². The van der Waals surface area contributed by atoms with Crippen LogP contribution >= 0.6 is 23.2 Å². The van der Waals surface area contributed by atoms with Gasteiger partial charge in [-0.2, -0.15) is 0 Å². The van der Waals surface area contributed by atoms with Gasteiger partial charge in [-0.3, -0.25) is 4.79 Å². The molecular formula is C17H11Cl2N3O2. The smallest absolute Gasteiger partial charge is 0.322 e. The van der Waals surface area contributed by atoms with E-state index >= 15 is 0 Å². The maximum absolute atomic E-state index is 12.2. The average molecular weight is 360 g/mol. The first-order valence-electron chi connectivity index (χ1n) is 6.93. The fraction of sp³-hybridized carbons (Fsp3) is 0. The van der Waals surface area contributed by atoms with Crippen molar-refractivity contribution >= 4 is 34.8 Å². The van der Waals surface area contributed by atoms with E-state index in [1.165, 1.54) is 18.5 Å². The van der Waals surface area contributed by atoms with Gasteiger partial charge in [0, 0.05) is 5.02 Å². The molecule has 1 aromatic heterocycles. The summed E-state index contributed by atoms with van der Waals surface area (Å²) in [6.07, 6.45) is 2.90. The number of carbonyl (C=O) groups excluding carboxylic acids is 1. The second-order valence-electron chi connectivity index (χ2n) is 4.75. The first-order valence-corrected chi connectivity index (χ1v) is 7.69. The second kappa shape index (κ2) is 7.29. The van der Waals surface area contributed by atoms with E-state index < -0.39 is 0 Å². The number of ether oxygens (including phenoxy) is 1. The van der Waals surface area contributed by atoms with E-state index in [0.29, 0.717) is 22.0 Å². The number of para-hydroxylation sites is 1. The van der Waals surface area contributed by atoms with Crippen molar-refractivity contribution in [1.82, 2.24) is 9.97 Å². The summed E-state index contributed by atoms with van der Waals surface area (Å²) in [6, 6.07) is 14.0. The van der Waals surface area contributed by atoms with Crippen LogP contribution in [0.2, 0.25) is 10.0 Å². The van der Waals surface area contributed by atoms with Crippen LogP contribution in [0.15, 0.2) is 60.9 Å². The van der Waals surface area contributed by atoms with Crippen molar-refractivity contribution in [3.05, 3.63) is 76.5 Å². The third kappa shape index (κ3) is 4.01. The zero-order valence-electron chi connectivity index (χ0n) is 12.2. The molecule has 3 rings (SSSR count). The Morgan fingerprint density at radius 2 is 1.71 bits per heavy atom. The van der Waals surface area contributed by atoms with E-state index in [4.69, 9.17) is 27.9 Å². The van der Waals surface area contributed by atoms with Gasteiger partial charge >= 0.3 is 6.01 Å². The number of rotatable bonds is 4. The predicted molar refractivity (Wildman–Crippen MR) is 93.0 cm³/mol. The molecule has 0 bridgehead atoms. The molecular weight excluding hydrogens is 349 g/mol. The van der Waals surface area contributed by atoms with E-state index in [2.05, 4.69) is 15.3 Å². The first-order chi connectivity index (χ1) is 11.6. The van der Waals surface area contributed by atoms with Crippen LogP contribution in [0, 0.1) is 0 Å². The number of halogens is 2. The topological polar surface area (TPSA) is 64.1 Å². The lowest BCUT2D eigenvalue weighted by molar-refractivity contribution is 0.102. The standard InChI is InChI=1S/C17H11Cl2N3O2/c18-11-6-7-14(15(19)8-11)16(23)22-12-9-20-17(21-10-12)24-13-4-2-1-3-5-13/h1-10H,(H,22,23). The number of nitrogens with one attached hydrogen (secondary N) is 1. The number of hydrogen-bond acceptors (Lipinski definition) is 4. The maximum Gasteiger partial charge on any atom is 0.322 e. The molecule has 0 fully saturated rings. The summed E-state index contributed by atoms with van der Waals surface area (Å²) in [4.78, 5) is 20.3. The molecule has 0 unspecified atom stereocenters. The second-order valence-corrected chi connectivity index (χ2v) is 5.59. The van der Waals surface area contributed by atoms with Crippen molar-refractivity contribution in [2.24, 2.45) is 0 Å². The summed E-state index contributed by atoms with van der Waals surface area (Å²) in [6.45, 7) is 0. The van der Waals surface area contributed by atoms with Gasteiger partial charge in [0.2, 0.25) is 0 Å². The minimum absolute atomic E-state index is 0.184. The third-order valence-electron chi connectivity index (χ3n) is 3.01. The fourth-order valence-electron chi connectivity index (χ4n) is 1.90. The van der Waals surface area contributed by atoms with Gasteiger partial charge in [0.05, 0.1) is 28.7 Å². The summed E-state index contributed by atoms with van der Waals surface area (Å²) >= 11 is 11.8. The normalized spacial score (nSPS) is 10.2. The molecule has 0 aliphatic heterocycles. The van der Waals surface area contributed by atoms with E-state index in [-0.39, 0.29) is 16.9 Å². The molecule has 5 nitrogen and oxygen atoms in total. The highest BCUT2D eigenvalue weighted by molar-refractivity contribution is 6.37. The quantitative estimate of drug-likeness (QED) is 0.724. The van der Waals surface area contributed by atoms with Crippen molar-refractivity contribution in [1.29, 1.82) is 0 Å². The molecule has 0 atom stereocenters. The van der Waals surface area contributed by atoms with Crippen LogP contribution in [-0.4, -0.2) is 15.9 Å². The van der Waals surface area contributed by atoms with Gasteiger partial charge in [0.1, 0.15) is 5.75 Å². The molecule has 7 heteroatoms. The Morgan fingerprint density at radius 3 is 2.38 bits per heavy atom. The lowest BCUT2D eigenvalue weighted by atomic mass is 10.2. The van der Waals surface area contributed by atoms with Gasteiger partial charge in [-0.1, -0.05) is 41.4 Å². The van der Waals surface area contributed by atoms with Crippen molar-refractivity contribution in [2.75, 3.05) is 5.32 Å². The largest absolute Gasteiger partial charge is 0.424 e. The van der Waals surface area contributed by atoms with Crippen LogP contribution in [0.3, 0.4) is 0 Å². The molecule has 1 heterocycles. The van der Waals surface area contributed by atoms with Gasteiger partial charge < -0.3 is 10.1 Å². The zero-order valence-corrected chi connectivity index (χ0v) is 13.8. The van der Waals surface area contributed by atoms with E-state index in [9.17, 15) is 4.79 Å². The Bertz CT molecular complexity index is 855. The molecule has 1 N–H and O–H groups in total. The summed E-state index contributed by atoms with van der Waals surface area (Å²) in [5.74, 6) is 0.249. The van der Waals surface area contributed by atoms with Gasteiger partial charge in [-0.25, -0.2) is 9.97 Å². The van der Waals surface area contributed by atoms with Crippen molar-refractivity contribution in [2.45, 2.75) is 0 Å². The molecule has 0 spiro atoms. The molecule has 120 valence electrons. The van der Waals surface area contributed by atoms with Gasteiger partial charge in [-0.15, -0.1) is 0 Å². The molecule has 0 aliphatic rings. The van der Waals surface area contributed by atoms with Crippen LogP contribution in [0.4, 0.5) is 5.69 Å². The molecule has 24 heavy (non-hydrogen) atoms. The van der Waals surface area contributed by atoms with Crippen LogP contribution in [-0.2, 0) is 0 Å². The first kappa shape index (κ1) is 16.2. The molecule has 0 radical (unpaired) electrons. The highest BCUT2D eigenvalue weighted by Gasteiger charge is 2.11. The monoisotopic (exact) mass is 359 g/mol. The lowest BCUT2D eigenvalue weighted by Gasteiger charge is -2.07. The van der Waals surface area contributed by atoms with E-state index in [0.717, 1.165) is 0 Å². The Hall–Kier alpha value is -2.63. The summed E-state index contributed by atoms with van der Waals surface area (Å²) < 4.78 is 5.48. The highest BCUT2D eigenvalue weighted by atomic mass is 35.5. The Kier molecular flexibility index (Phi) is 4.93. The Labute approximate surface area is 148 Å². The summed E-state index contributed by atoms with van der Waals surface area (Å²) in [5, 5.41) is 3.39. The molecule has 0 aliphatic carbocycles. The SMILES string of the molecule is O=C(Nc1cnc(Oc2ccccc2)nc1)c1ccc(Cl)cc1Cl. The van der Waals surface area contributed by atoms with Gasteiger partial charge in [0.15, 0.2) is 0 Å². The Morgan fingerprint density at radius 1 is 1.00 bits per heavy atom.